The molecule has 0 saturated heterocycles. The number of hydrogen-bond acceptors (Lipinski definition) is 2. The average Bonchev–Trinajstić information content (AvgIpc) is 2.58. The van der Waals surface area contributed by atoms with E-state index in [0.717, 1.165) is 12.1 Å². The molecule has 138 valence electrons. The Hall–Kier alpha value is -2.77. The Kier molecular flexibility index (Phi) is 5.74. The molecule has 2 aromatic rings. The van der Waals surface area contributed by atoms with Crippen LogP contribution in [-0.4, -0.2) is 18.3 Å². The van der Waals surface area contributed by atoms with E-state index in [1.54, 1.807) is 0 Å². The van der Waals surface area contributed by atoms with Crippen LogP contribution in [0.5, 0.6) is 0 Å². The number of carbonyl (C=O) groups is 1. The van der Waals surface area contributed by atoms with E-state index in [0.29, 0.717) is 6.08 Å². The number of allylic oxidation sites excluding steroid dienone is 1. The predicted molar refractivity (Wildman–Crippen MR) is 81.8 cm³/mol. The Balaban J connectivity index is 2.52. The van der Waals surface area contributed by atoms with Gasteiger partial charge in [-0.05, 0) is 17.2 Å². The molecule has 0 bridgehead atoms. The van der Waals surface area contributed by atoms with Crippen molar-refractivity contribution < 1.29 is 35.9 Å². The minimum absolute atomic E-state index is 0.0252. The topological polar surface area (TPSA) is 26.3 Å². The number of carbonyl (C=O) groups excluding carboxylic acids is 1. The van der Waals surface area contributed by atoms with E-state index in [1.165, 1.54) is 48.5 Å². The third-order valence-corrected chi connectivity index (χ3v) is 3.30. The molecule has 0 radical (unpaired) electrons. The lowest BCUT2D eigenvalue weighted by molar-refractivity contribution is -0.203. The molecular formula is C18H12F6O2. The molecule has 0 saturated carbocycles. The van der Waals surface area contributed by atoms with Crippen molar-refractivity contribution in [1.82, 2.24) is 0 Å². The molecule has 8 heteroatoms. The highest BCUT2D eigenvalue weighted by atomic mass is 19.4. The van der Waals surface area contributed by atoms with Gasteiger partial charge < -0.3 is 4.74 Å². The van der Waals surface area contributed by atoms with E-state index in [-0.39, 0.29) is 11.1 Å². The number of ether oxygens (including phenoxy) is 1. The number of esters is 1. The Morgan fingerprint density at radius 2 is 1.31 bits per heavy atom. The third kappa shape index (κ3) is 5.11. The molecule has 0 fully saturated rings. The summed E-state index contributed by atoms with van der Waals surface area (Å²) in [6.07, 6.45) is -11.6. The highest BCUT2D eigenvalue weighted by molar-refractivity contribution is 5.77. The van der Waals surface area contributed by atoms with Crippen LogP contribution in [0, 0.1) is 0 Å². The van der Waals surface area contributed by atoms with Crippen molar-refractivity contribution >= 4 is 11.5 Å². The lowest BCUT2D eigenvalue weighted by atomic mass is 10.0. The second kappa shape index (κ2) is 7.63. The number of hydrogen-bond donors (Lipinski definition) is 0. The zero-order chi connectivity index (χ0) is 19.4. The van der Waals surface area contributed by atoms with Crippen molar-refractivity contribution in [3.63, 3.8) is 0 Å². The van der Waals surface area contributed by atoms with Crippen LogP contribution in [0.4, 0.5) is 26.3 Å². The quantitative estimate of drug-likeness (QED) is 0.523. The Morgan fingerprint density at radius 1 is 0.808 bits per heavy atom. The van der Waals surface area contributed by atoms with E-state index in [4.69, 9.17) is 0 Å². The molecule has 2 aromatic carbocycles. The van der Waals surface area contributed by atoms with Crippen LogP contribution in [0.2, 0.25) is 0 Å². The van der Waals surface area contributed by atoms with Crippen molar-refractivity contribution in [2.45, 2.75) is 18.5 Å². The summed E-state index contributed by atoms with van der Waals surface area (Å²) in [4.78, 5) is 11.2. The van der Waals surface area contributed by atoms with Crippen molar-refractivity contribution in [3.8, 4) is 0 Å². The SMILES string of the molecule is O=C(OC(/C=C(\c1ccccc1)C(F)(F)F)c1ccccc1)C(F)(F)F. The molecule has 0 amide bonds. The van der Waals surface area contributed by atoms with Gasteiger partial charge in [0.2, 0.25) is 0 Å². The van der Waals surface area contributed by atoms with Crippen molar-refractivity contribution in [1.29, 1.82) is 0 Å². The second-order valence-corrected chi connectivity index (χ2v) is 5.18. The van der Waals surface area contributed by atoms with Crippen LogP contribution in [0.25, 0.3) is 5.57 Å². The zero-order valence-corrected chi connectivity index (χ0v) is 13.0. The predicted octanol–water partition coefficient (Wildman–Crippen LogP) is 5.48. The molecule has 26 heavy (non-hydrogen) atoms. The number of rotatable bonds is 4. The number of alkyl halides is 6. The molecule has 1 unspecified atom stereocenters. The van der Waals surface area contributed by atoms with Gasteiger partial charge in [0.1, 0.15) is 6.10 Å². The molecule has 0 N–H and O–H groups in total. The van der Waals surface area contributed by atoms with E-state index in [2.05, 4.69) is 4.74 Å². The van der Waals surface area contributed by atoms with Crippen molar-refractivity contribution in [2.24, 2.45) is 0 Å². The fourth-order valence-electron chi connectivity index (χ4n) is 2.15. The highest BCUT2D eigenvalue weighted by Crippen LogP contribution is 2.37. The third-order valence-electron chi connectivity index (χ3n) is 3.30. The second-order valence-electron chi connectivity index (χ2n) is 5.18. The molecule has 2 nitrogen and oxygen atoms in total. The van der Waals surface area contributed by atoms with E-state index in [9.17, 15) is 31.1 Å². The standard InChI is InChI=1S/C18H12F6O2/c19-17(20,21)14(12-7-3-1-4-8-12)11-15(13-9-5-2-6-10-13)26-16(25)18(22,23)24/h1-11,15H/b14-11+. The van der Waals surface area contributed by atoms with Crippen LogP contribution in [-0.2, 0) is 9.53 Å². The first-order valence-electron chi connectivity index (χ1n) is 7.26. The monoisotopic (exact) mass is 374 g/mol. The van der Waals surface area contributed by atoms with Gasteiger partial charge in [0.15, 0.2) is 0 Å². The van der Waals surface area contributed by atoms with Gasteiger partial charge in [-0.25, -0.2) is 4.79 Å². The van der Waals surface area contributed by atoms with Crippen LogP contribution < -0.4 is 0 Å². The number of benzene rings is 2. The van der Waals surface area contributed by atoms with Crippen LogP contribution in [0.15, 0.2) is 66.7 Å². The maximum absolute atomic E-state index is 13.4. The van der Waals surface area contributed by atoms with Crippen LogP contribution >= 0.6 is 0 Å². The average molecular weight is 374 g/mol. The molecule has 0 aliphatic heterocycles. The molecule has 0 aliphatic rings. The summed E-state index contributed by atoms with van der Waals surface area (Å²) in [7, 11) is 0. The Labute approximate surface area is 144 Å². The van der Waals surface area contributed by atoms with Gasteiger partial charge in [0.25, 0.3) is 0 Å². The minimum atomic E-state index is -5.33. The fourth-order valence-corrected chi connectivity index (χ4v) is 2.15. The van der Waals surface area contributed by atoms with Gasteiger partial charge in [-0.15, -0.1) is 0 Å². The largest absolute Gasteiger partial charge is 0.490 e. The van der Waals surface area contributed by atoms with E-state index >= 15 is 0 Å². The molecule has 1 atom stereocenters. The smallest absolute Gasteiger partial charge is 0.447 e. The highest BCUT2D eigenvalue weighted by Gasteiger charge is 2.43. The first kappa shape index (κ1) is 19.6. The molecule has 0 spiro atoms. The van der Waals surface area contributed by atoms with Gasteiger partial charge in [0, 0.05) is 0 Å². The number of halogens is 6. The lowest BCUT2D eigenvalue weighted by Crippen LogP contribution is -2.27. The Morgan fingerprint density at radius 3 is 1.77 bits per heavy atom. The van der Waals surface area contributed by atoms with Gasteiger partial charge in [-0.1, -0.05) is 60.7 Å². The minimum Gasteiger partial charge on any atom is -0.447 e. The van der Waals surface area contributed by atoms with Crippen LogP contribution in [0.3, 0.4) is 0 Å². The Bertz CT molecular complexity index is 764. The lowest BCUT2D eigenvalue weighted by Gasteiger charge is -2.19. The van der Waals surface area contributed by atoms with Crippen molar-refractivity contribution in [3.05, 3.63) is 77.9 Å². The summed E-state index contributed by atoms with van der Waals surface area (Å²) in [6.45, 7) is 0. The van der Waals surface area contributed by atoms with Crippen LogP contribution in [0.1, 0.15) is 17.2 Å². The molecular weight excluding hydrogens is 362 g/mol. The summed E-state index contributed by atoms with van der Waals surface area (Å²) < 4.78 is 82.1. The summed E-state index contributed by atoms with van der Waals surface area (Å²) in [5.41, 5.74) is -1.49. The van der Waals surface area contributed by atoms with E-state index < -0.39 is 30.0 Å². The summed E-state index contributed by atoms with van der Waals surface area (Å²) in [5, 5.41) is 0. The summed E-state index contributed by atoms with van der Waals surface area (Å²) in [6, 6.07) is 13.4. The molecule has 0 aliphatic carbocycles. The normalized spacial score (nSPS) is 14.0. The van der Waals surface area contributed by atoms with Gasteiger partial charge in [-0.3, -0.25) is 0 Å². The van der Waals surface area contributed by atoms with Gasteiger partial charge in [-0.2, -0.15) is 26.3 Å². The first-order valence-corrected chi connectivity index (χ1v) is 7.26. The zero-order valence-electron chi connectivity index (χ0n) is 13.0. The van der Waals surface area contributed by atoms with Gasteiger partial charge in [0.05, 0.1) is 5.57 Å². The van der Waals surface area contributed by atoms with E-state index in [1.807, 2.05) is 0 Å². The molecule has 0 aromatic heterocycles. The van der Waals surface area contributed by atoms with Gasteiger partial charge >= 0.3 is 18.3 Å². The first-order chi connectivity index (χ1) is 12.1. The summed E-state index contributed by atoms with van der Waals surface area (Å²) in [5.74, 6) is -2.57. The summed E-state index contributed by atoms with van der Waals surface area (Å²) >= 11 is 0. The molecule has 0 heterocycles. The maximum Gasteiger partial charge on any atom is 0.490 e. The maximum atomic E-state index is 13.4. The van der Waals surface area contributed by atoms with Crippen molar-refractivity contribution in [2.75, 3.05) is 0 Å². The molecule has 2 rings (SSSR count). The fraction of sp³-hybridized carbons (Fsp3) is 0.167.